The van der Waals surface area contributed by atoms with E-state index < -0.39 is 0 Å². The zero-order valence-electron chi connectivity index (χ0n) is 9.49. The van der Waals surface area contributed by atoms with Gasteiger partial charge in [0, 0.05) is 11.6 Å². The van der Waals surface area contributed by atoms with E-state index >= 15 is 0 Å². The van der Waals surface area contributed by atoms with Gasteiger partial charge in [-0.2, -0.15) is 0 Å². The fourth-order valence-corrected chi connectivity index (χ4v) is 2.76. The maximum atomic E-state index is 11.6. The molecule has 1 heterocycles. The normalized spacial score (nSPS) is 17.1. The van der Waals surface area contributed by atoms with Crippen molar-refractivity contribution >= 4 is 17.4 Å². The number of ether oxygens (including phenoxy) is 1. The summed E-state index contributed by atoms with van der Waals surface area (Å²) in [6, 6.07) is 2.26. The molecule has 1 aromatic rings. The minimum absolute atomic E-state index is 0.307. The summed E-state index contributed by atoms with van der Waals surface area (Å²) >= 11 is 1.46. The first kappa shape index (κ1) is 11.5. The lowest BCUT2D eigenvalue weighted by molar-refractivity contribution is 0.193. The highest BCUT2D eigenvalue weighted by Gasteiger charge is 2.17. The fourth-order valence-electron chi connectivity index (χ4n) is 1.99. The Labute approximate surface area is 99.8 Å². The van der Waals surface area contributed by atoms with E-state index in [9.17, 15) is 4.79 Å². The molecule has 0 aliphatic heterocycles. The zero-order chi connectivity index (χ0) is 11.4. The molecule has 1 aromatic heterocycles. The molecule has 1 amide bonds. The quantitative estimate of drug-likeness (QED) is 0.858. The summed E-state index contributed by atoms with van der Waals surface area (Å²) in [5.41, 5.74) is 1.02. The van der Waals surface area contributed by atoms with Crippen LogP contribution in [0.25, 0.3) is 0 Å². The molecule has 2 rings (SSSR count). The standard InChI is InChI=1S/C12H17NO2S/c1-9-7-8-16-11(9)15-12(14)13-10-5-3-2-4-6-10/h7-8,10H,2-6H2,1H3,(H,13,14). The summed E-state index contributed by atoms with van der Waals surface area (Å²) in [5, 5.41) is 5.56. The first-order valence-electron chi connectivity index (χ1n) is 5.78. The van der Waals surface area contributed by atoms with Crippen LogP contribution in [-0.2, 0) is 0 Å². The maximum Gasteiger partial charge on any atom is 0.413 e. The lowest BCUT2D eigenvalue weighted by Gasteiger charge is -2.22. The average Bonchev–Trinajstić information content (AvgIpc) is 2.66. The van der Waals surface area contributed by atoms with Crippen LogP contribution in [0, 0.1) is 6.92 Å². The molecule has 1 saturated carbocycles. The molecule has 1 aliphatic carbocycles. The largest absolute Gasteiger partial charge is 0.413 e. The van der Waals surface area contributed by atoms with E-state index in [1.165, 1.54) is 30.6 Å². The summed E-state index contributed by atoms with van der Waals surface area (Å²) in [5.74, 6) is 0. The number of carbonyl (C=O) groups excluding carboxylic acids is 1. The van der Waals surface area contributed by atoms with E-state index in [1.807, 2.05) is 18.4 Å². The minimum Gasteiger partial charge on any atom is -0.399 e. The van der Waals surface area contributed by atoms with Crippen molar-refractivity contribution in [1.82, 2.24) is 5.32 Å². The van der Waals surface area contributed by atoms with Gasteiger partial charge >= 0.3 is 6.09 Å². The molecule has 3 nitrogen and oxygen atoms in total. The van der Waals surface area contributed by atoms with Crippen molar-refractivity contribution in [1.29, 1.82) is 0 Å². The number of carbonyl (C=O) groups is 1. The number of amides is 1. The lowest BCUT2D eigenvalue weighted by Crippen LogP contribution is -2.37. The molecule has 1 aliphatic rings. The third-order valence-electron chi connectivity index (χ3n) is 2.93. The van der Waals surface area contributed by atoms with Gasteiger partial charge < -0.3 is 10.1 Å². The number of thiophene rings is 1. The summed E-state index contributed by atoms with van der Waals surface area (Å²) in [4.78, 5) is 11.6. The monoisotopic (exact) mass is 239 g/mol. The molecular weight excluding hydrogens is 222 g/mol. The van der Waals surface area contributed by atoms with Gasteiger partial charge in [-0.1, -0.05) is 19.3 Å². The number of nitrogens with one attached hydrogen (secondary N) is 1. The van der Waals surface area contributed by atoms with Crippen LogP contribution in [0.5, 0.6) is 5.06 Å². The van der Waals surface area contributed by atoms with Gasteiger partial charge in [-0.25, -0.2) is 4.79 Å². The molecule has 16 heavy (non-hydrogen) atoms. The highest BCUT2D eigenvalue weighted by Crippen LogP contribution is 2.25. The van der Waals surface area contributed by atoms with Crippen LogP contribution >= 0.6 is 11.3 Å². The molecule has 4 heteroatoms. The predicted octanol–water partition coefficient (Wildman–Crippen LogP) is 3.48. The molecule has 0 aromatic carbocycles. The SMILES string of the molecule is Cc1ccsc1OC(=O)NC1CCCCC1. The van der Waals surface area contributed by atoms with E-state index in [-0.39, 0.29) is 6.09 Å². The second-order valence-corrected chi connectivity index (χ2v) is 5.14. The van der Waals surface area contributed by atoms with Gasteiger partial charge in [-0.3, -0.25) is 0 Å². The molecular formula is C12H17NO2S. The van der Waals surface area contributed by atoms with Crippen molar-refractivity contribution in [2.24, 2.45) is 0 Å². The van der Waals surface area contributed by atoms with Gasteiger partial charge in [-0.15, -0.1) is 11.3 Å². The Hall–Kier alpha value is -1.03. The molecule has 1 N–H and O–H groups in total. The third-order valence-corrected chi connectivity index (χ3v) is 3.82. The van der Waals surface area contributed by atoms with Gasteiger partial charge in [0.1, 0.15) is 0 Å². The van der Waals surface area contributed by atoms with E-state index in [2.05, 4.69) is 5.32 Å². The van der Waals surface area contributed by atoms with Gasteiger partial charge in [0.2, 0.25) is 0 Å². The molecule has 0 unspecified atom stereocenters. The molecule has 1 fully saturated rings. The second kappa shape index (κ2) is 5.34. The number of rotatable bonds is 2. The number of aryl methyl sites for hydroxylation is 1. The number of hydrogen-bond donors (Lipinski definition) is 1. The first-order valence-corrected chi connectivity index (χ1v) is 6.66. The van der Waals surface area contributed by atoms with Crippen LogP contribution in [0.15, 0.2) is 11.4 Å². The highest BCUT2D eigenvalue weighted by atomic mass is 32.1. The van der Waals surface area contributed by atoms with Gasteiger partial charge in [-0.05, 0) is 31.2 Å². The Kier molecular flexibility index (Phi) is 3.83. The Morgan fingerprint density at radius 1 is 1.44 bits per heavy atom. The molecule has 88 valence electrons. The van der Waals surface area contributed by atoms with E-state index in [0.717, 1.165) is 18.4 Å². The van der Waals surface area contributed by atoms with Crippen molar-refractivity contribution < 1.29 is 9.53 Å². The third kappa shape index (κ3) is 2.98. The van der Waals surface area contributed by atoms with Crippen LogP contribution in [0.2, 0.25) is 0 Å². The molecule has 0 bridgehead atoms. The Morgan fingerprint density at radius 2 is 2.19 bits per heavy atom. The van der Waals surface area contributed by atoms with E-state index in [1.54, 1.807) is 0 Å². The predicted molar refractivity (Wildman–Crippen MR) is 65.1 cm³/mol. The molecule has 0 spiro atoms. The van der Waals surface area contributed by atoms with Crippen molar-refractivity contribution in [3.05, 3.63) is 17.0 Å². The molecule has 0 atom stereocenters. The topological polar surface area (TPSA) is 38.3 Å². The molecule has 0 saturated heterocycles. The van der Waals surface area contributed by atoms with Crippen LogP contribution < -0.4 is 10.1 Å². The van der Waals surface area contributed by atoms with Crippen molar-refractivity contribution in [2.45, 2.75) is 45.1 Å². The van der Waals surface area contributed by atoms with Crippen molar-refractivity contribution in [3.63, 3.8) is 0 Å². The van der Waals surface area contributed by atoms with Crippen LogP contribution in [0.1, 0.15) is 37.7 Å². The first-order chi connectivity index (χ1) is 7.75. The van der Waals surface area contributed by atoms with Crippen molar-refractivity contribution in [3.8, 4) is 5.06 Å². The summed E-state index contributed by atoms with van der Waals surface area (Å²) in [7, 11) is 0. The summed E-state index contributed by atoms with van der Waals surface area (Å²) in [6.45, 7) is 1.94. The smallest absolute Gasteiger partial charge is 0.399 e. The maximum absolute atomic E-state index is 11.6. The molecule has 0 radical (unpaired) electrons. The summed E-state index contributed by atoms with van der Waals surface area (Å²) in [6.07, 6.45) is 5.57. The Morgan fingerprint density at radius 3 is 2.81 bits per heavy atom. The van der Waals surface area contributed by atoms with Gasteiger partial charge in [0.05, 0.1) is 0 Å². The zero-order valence-corrected chi connectivity index (χ0v) is 10.3. The van der Waals surface area contributed by atoms with Gasteiger partial charge in [0.25, 0.3) is 0 Å². The Bertz CT molecular complexity index is 356. The summed E-state index contributed by atoms with van der Waals surface area (Å²) < 4.78 is 5.26. The van der Waals surface area contributed by atoms with Crippen molar-refractivity contribution in [2.75, 3.05) is 0 Å². The van der Waals surface area contributed by atoms with E-state index in [0.29, 0.717) is 11.1 Å². The van der Waals surface area contributed by atoms with E-state index in [4.69, 9.17) is 4.74 Å². The number of hydrogen-bond acceptors (Lipinski definition) is 3. The average molecular weight is 239 g/mol. The minimum atomic E-state index is -0.308. The van der Waals surface area contributed by atoms with Crippen LogP contribution in [0.4, 0.5) is 4.79 Å². The van der Waals surface area contributed by atoms with Crippen LogP contribution in [0.3, 0.4) is 0 Å². The lowest BCUT2D eigenvalue weighted by atomic mass is 9.96. The van der Waals surface area contributed by atoms with Crippen LogP contribution in [-0.4, -0.2) is 12.1 Å². The highest BCUT2D eigenvalue weighted by molar-refractivity contribution is 7.12. The second-order valence-electron chi connectivity index (χ2n) is 4.26. The Balaban J connectivity index is 1.82. The fraction of sp³-hybridized carbons (Fsp3) is 0.583. The van der Waals surface area contributed by atoms with Gasteiger partial charge in [0.15, 0.2) is 5.06 Å².